The zero-order valence-corrected chi connectivity index (χ0v) is 15.5. The molecule has 5 rings (SSSR count). The van der Waals surface area contributed by atoms with Crippen LogP contribution in [0.3, 0.4) is 0 Å². The minimum atomic E-state index is -0.296. The Morgan fingerprint density at radius 3 is 2.54 bits per heavy atom. The van der Waals surface area contributed by atoms with E-state index in [0.717, 1.165) is 30.1 Å². The molecule has 2 N–H and O–H groups in total. The van der Waals surface area contributed by atoms with E-state index >= 15 is 0 Å². The molecule has 7 heteroatoms. The van der Waals surface area contributed by atoms with E-state index in [0.29, 0.717) is 19.7 Å². The molecule has 2 aromatic carbocycles. The highest BCUT2D eigenvalue weighted by Gasteiger charge is 2.46. The highest BCUT2D eigenvalue weighted by molar-refractivity contribution is 5.83. The molecule has 0 bridgehead atoms. The van der Waals surface area contributed by atoms with Gasteiger partial charge in [0.25, 0.3) is 0 Å². The normalized spacial score (nSPS) is 26.4. The molecule has 28 heavy (non-hydrogen) atoms. The van der Waals surface area contributed by atoms with Gasteiger partial charge in [-0.15, -0.1) is 0 Å². The minimum Gasteiger partial charge on any atom is -0.493 e. The van der Waals surface area contributed by atoms with Gasteiger partial charge >= 0.3 is 0 Å². The van der Waals surface area contributed by atoms with Crippen LogP contribution in [0.2, 0.25) is 0 Å². The number of rotatable bonds is 2. The van der Waals surface area contributed by atoms with E-state index in [-0.39, 0.29) is 29.7 Å². The second-order valence-corrected chi connectivity index (χ2v) is 7.55. The maximum Gasteiger partial charge on any atom is 0.241 e. The van der Waals surface area contributed by atoms with E-state index < -0.39 is 0 Å². The molecule has 2 fully saturated rings. The number of hydrazine groups is 1. The third-order valence-electron chi connectivity index (χ3n) is 5.99. The summed E-state index contributed by atoms with van der Waals surface area (Å²) in [6, 6.07) is 14.3. The average molecular weight is 382 g/mol. The van der Waals surface area contributed by atoms with Crippen LogP contribution in [-0.2, 0) is 4.79 Å². The van der Waals surface area contributed by atoms with Gasteiger partial charge in [0.15, 0.2) is 0 Å². The first-order chi connectivity index (χ1) is 13.7. The van der Waals surface area contributed by atoms with Crippen LogP contribution >= 0.6 is 0 Å². The third-order valence-corrected chi connectivity index (χ3v) is 5.99. The number of para-hydroxylation sites is 1. The summed E-state index contributed by atoms with van der Waals surface area (Å²) in [5, 5.41) is 0. The highest BCUT2D eigenvalue weighted by Crippen LogP contribution is 2.39. The molecular weight excluding hydrogens is 359 g/mol. The lowest BCUT2D eigenvalue weighted by molar-refractivity contribution is -0.134. The molecule has 1 amide bonds. The summed E-state index contributed by atoms with van der Waals surface area (Å²) in [5.41, 5.74) is 8.60. The zero-order chi connectivity index (χ0) is 19.1. The van der Waals surface area contributed by atoms with Crippen LogP contribution in [0.5, 0.6) is 5.75 Å². The van der Waals surface area contributed by atoms with E-state index in [2.05, 4.69) is 21.8 Å². The fourth-order valence-corrected chi connectivity index (χ4v) is 4.42. The predicted octanol–water partition coefficient (Wildman–Crippen LogP) is 1.70. The Morgan fingerprint density at radius 1 is 1.00 bits per heavy atom. The molecule has 0 saturated carbocycles. The number of carbonyl (C=O) groups is 1. The van der Waals surface area contributed by atoms with Crippen LogP contribution in [0.1, 0.15) is 11.6 Å². The Morgan fingerprint density at radius 2 is 1.75 bits per heavy atom. The molecule has 2 saturated heterocycles. The number of hydrogen-bond donors (Lipinski definition) is 2. The van der Waals surface area contributed by atoms with Crippen molar-refractivity contribution in [2.45, 2.75) is 12.1 Å². The molecule has 3 heterocycles. The van der Waals surface area contributed by atoms with Crippen LogP contribution in [0, 0.1) is 11.7 Å². The van der Waals surface area contributed by atoms with Crippen LogP contribution in [0.15, 0.2) is 48.5 Å². The van der Waals surface area contributed by atoms with Crippen molar-refractivity contribution in [2.24, 2.45) is 5.92 Å². The summed E-state index contributed by atoms with van der Waals surface area (Å²) < 4.78 is 19.0. The number of carbonyl (C=O) groups excluding carboxylic acids is 1. The fourth-order valence-electron chi connectivity index (χ4n) is 4.42. The summed E-state index contributed by atoms with van der Waals surface area (Å²) in [5.74, 6) is 0.835. The number of ether oxygens (including phenoxy) is 1. The van der Waals surface area contributed by atoms with Crippen LogP contribution in [0.25, 0.3) is 0 Å². The summed E-state index contributed by atoms with van der Waals surface area (Å²) in [6.45, 7) is 3.32. The van der Waals surface area contributed by atoms with Crippen molar-refractivity contribution in [3.8, 4) is 5.75 Å². The Bertz CT molecular complexity index is 867. The standard InChI is InChI=1S/C21H23FN4O2/c22-14-5-7-15(8-6-14)25-9-11-26(12-10-25)21(27)20-17-13-28-18-4-2-1-3-16(18)19(17)23-24-20/h1-8,17,19-20,23-24H,9-13H2. The fraction of sp³-hybridized carbons (Fsp3) is 0.381. The van der Waals surface area contributed by atoms with E-state index in [1.54, 1.807) is 12.1 Å². The van der Waals surface area contributed by atoms with Crippen LogP contribution in [-0.4, -0.2) is 49.6 Å². The molecular formula is C21H23FN4O2. The van der Waals surface area contributed by atoms with Gasteiger partial charge in [0.05, 0.1) is 12.6 Å². The summed E-state index contributed by atoms with van der Waals surface area (Å²) in [7, 11) is 0. The SMILES string of the molecule is O=C(C1NNC2c3ccccc3OCC12)N1CCN(c2ccc(F)cc2)CC1. The lowest BCUT2D eigenvalue weighted by atomic mass is 9.87. The van der Waals surface area contributed by atoms with Gasteiger partial charge in [0.2, 0.25) is 5.91 Å². The average Bonchev–Trinajstić information content (AvgIpc) is 3.18. The van der Waals surface area contributed by atoms with Gasteiger partial charge in [-0.05, 0) is 30.3 Å². The van der Waals surface area contributed by atoms with Crippen molar-refractivity contribution in [3.63, 3.8) is 0 Å². The predicted molar refractivity (Wildman–Crippen MR) is 103 cm³/mol. The third kappa shape index (κ3) is 3.00. The van der Waals surface area contributed by atoms with Crippen molar-refractivity contribution < 1.29 is 13.9 Å². The Hall–Kier alpha value is -2.64. The summed E-state index contributed by atoms with van der Waals surface area (Å²) in [6.07, 6.45) is 0. The number of amides is 1. The van der Waals surface area contributed by atoms with Gasteiger partial charge in [0.1, 0.15) is 17.6 Å². The van der Waals surface area contributed by atoms with Gasteiger partial charge in [-0.2, -0.15) is 0 Å². The number of nitrogens with one attached hydrogen (secondary N) is 2. The van der Waals surface area contributed by atoms with Gasteiger partial charge < -0.3 is 14.5 Å². The monoisotopic (exact) mass is 382 g/mol. The lowest BCUT2D eigenvalue weighted by Gasteiger charge is -2.38. The molecule has 0 aromatic heterocycles. The van der Waals surface area contributed by atoms with Crippen molar-refractivity contribution >= 4 is 11.6 Å². The molecule has 146 valence electrons. The molecule has 3 aliphatic heterocycles. The number of halogens is 1. The minimum absolute atomic E-state index is 0.0672. The topological polar surface area (TPSA) is 56.8 Å². The van der Waals surface area contributed by atoms with Crippen LogP contribution in [0.4, 0.5) is 10.1 Å². The number of benzene rings is 2. The van der Waals surface area contributed by atoms with Crippen LogP contribution < -0.4 is 20.5 Å². The molecule has 3 unspecified atom stereocenters. The number of hydrogen-bond acceptors (Lipinski definition) is 5. The van der Waals surface area contributed by atoms with Crippen molar-refractivity contribution in [2.75, 3.05) is 37.7 Å². The summed E-state index contributed by atoms with van der Waals surface area (Å²) >= 11 is 0. The molecule has 0 spiro atoms. The number of anilines is 1. The maximum atomic E-state index is 13.2. The van der Waals surface area contributed by atoms with Gasteiger partial charge in [0, 0.05) is 43.3 Å². The quantitative estimate of drug-likeness (QED) is 0.828. The summed E-state index contributed by atoms with van der Waals surface area (Å²) in [4.78, 5) is 17.3. The van der Waals surface area contributed by atoms with Gasteiger partial charge in [-0.25, -0.2) is 15.2 Å². The van der Waals surface area contributed by atoms with Crippen molar-refractivity contribution in [1.82, 2.24) is 15.8 Å². The lowest BCUT2D eigenvalue weighted by Crippen LogP contribution is -2.55. The Labute approximate surface area is 163 Å². The second kappa shape index (κ2) is 7.07. The van der Waals surface area contributed by atoms with Crippen molar-refractivity contribution in [3.05, 3.63) is 59.9 Å². The smallest absolute Gasteiger partial charge is 0.241 e. The largest absolute Gasteiger partial charge is 0.493 e. The molecule has 3 aliphatic rings. The number of fused-ring (bicyclic) bond motifs is 3. The number of piperazine rings is 1. The Balaban J connectivity index is 1.24. The van der Waals surface area contributed by atoms with E-state index in [1.165, 1.54) is 12.1 Å². The zero-order valence-electron chi connectivity index (χ0n) is 15.5. The van der Waals surface area contributed by atoms with Gasteiger partial charge in [-0.1, -0.05) is 18.2 Å². The molecule has 0 aliphatic carbocycles. The maximum absolute atomic E-state index is 13.2. The first kappa shape index (κ1) is 17.5. The van der Waals surface area contributed by atoms with E-state index in [9.17, 15) is 9.18 Å². The van der Waals surface area contributed by atoms with Crippen molar-refractivity contribution in [1.29, 1.82) is 0 Å². The molecule has 3 atom stereocenters. The van der Waals surface area contributed by atoms with Gasteiger partial charge in [-0.3, -0.25) is 4.79 Å². The van der Waals surface area contributed by atoms with E-state index in [1.807, 2.05) is 23.1 Å². The molecule has 2 aromatic rings. The second-order valence-electron chi connectivity index (χ2n) is 7.55. The molecule has 0 radical (unpaired) electrons. The number of nitrogens with zero attached hydrogens (tertiary/aromatic N) is 2. The molecule has 6 nitrogen and oxygen atoms in total. The highest BCUT2D eigenvalue weighted by atomic mass is 19.1. The first-order valence-corrected chi connectivity index (χ1v) is 9.73. The van der Waals surface area contributed by atoms with E-state index in [4.69, 9.17) is 4.74 Å². The Kier molecular flexibility index (Phi) is 4.41. The first-order valence-electron chi connectivity index (χ1n) is 9.73.